The molecule has 3 aliphatic rings. The Labute approximate surface area is 183 Å². The first-order chi connectivity index (χ1) is 13.5. The molecule has 4 heteroatoms. The predicted molar refractivity (Wildman–Crippen MR) is 121 cm³/mol. The first kappa shape index (κ1) is 20.8. The largest absolute Gasteiger partial charge is 0.493 e. The Kier molecular flexibility index (Phi) is 6.76. The molecule has 0 aromatic heterocycles. The number of fused-ring (bicyclic) bond motifs is 1. The highest BCUT2D eigenvalue weighted by Crippen LogP contribution is 2.42. The molecule has 2 saturated carbocycles. The summed E-state index contributed by atoms with van der Waals surface area (Å²) >= 11 is 2.33. The van der Waals surface area contributed by atoms with Crippen LogP contribution < -0.4 is 9.47 Å². The summed E-state index contributed by atoms with van der Waals surface area (Å²) < 4.78 is 13.1. The molecule has 156 valence electrons. The van der Waals surface area contributed by atoms with E-state index >= 15 is 0 Å². The Morgan fingerprint density at radius 2 is 1.68 bits per heavy atom. The Hall–Kier alpha value is -0.490. The molecule has 0 amide bonds. The number of aryl methyl sites for hydroxylation is 1. The van der Waals surface area contributed by atoms with Gasteiger partial charge >= 0.3 is 0 Å². The highest BCUT2D eigenvalue weighted by Gasteiger charge is 2.30. The smallest absolute Gasteiger partial charge is 0.197 e. The van der Waals surface area contributed by atoms with E-state index in [1.165, 1.54) is 56.9 Å². The van der Waals surface area contributed by atoms with Gasteiger partial charge in [-0.25, -0.2) is 0 Å². The van der Waals surface area contributed by atoms with Crippen molar-refractivity contribution in [1.29, 1.82) is 0 Å². The van der Waals surface area contributed by atoms with Gasteiger partial charge < -0.3 is 14.6 Å². The van der Waals surface area contributed by atoms with Crippen molar-refractivity contribution in [2.75, 3.05) is 6.61 Å². The fourth-order valence-corrected chi connectivity index (χ4v) is 6.22. The highest BCUT2D eigenvalue weighted by molar-refractivity contribution is 14.1. The number of rotatable bonds is 4. The number of ether oxygens (including phenoxy) is 2. The van der Waals surface area contributed by atoms with Crippen LogP contribution in [0.5, 0.6) is 11.5 Å². The average Bonchev–Trinajstić information content (AvgIpc) is 2.71. The van der Waals surface area contributed by atoms with E-state index in [1.54, 1.807) is 0 Å². The fourth-order valence-electron chi connectivity index (χ4n) is 5.48. The molecule has 1 aromatic rings. The van der Waals surface area contributed by atoms with Crippen molar-refractivity contribution in [3.8, 4) is 11.5 Å². The maximum atomic E-state index is 9.79. The number of hydrogen-bond donors (Lipinski definition) is 1. The molecule has 1 unspecified atom stereocenters. The van der Waals surface area contributed by atoms with Gasteiger partial charge in [0.05, 0.1) is 10.2 Å². The van der Waals surface area contributed by atoms with Gasteiger partial charge in [-0.3, -0.25) is 0 Å². The van der Waals surface area contributed by atoms with E-state index in [0.717, 1.165) is 51.4 Å². The third-order valence-corrected chi connectivity index (χ3v) is 8.80. The summed E-state index contributed by atoms with van der Waals surface area (Å²) in [4.78, 5) is 0. The summed E-state index contributed by atoms with van der Waals surface area (Å²) in [5.74, 6) is 5.48. The lowest BCUT2D eigenvalue weighted by Crippen LogP contribution is -2.27. The van der Waals surface area contributed by atoms with Crippen molar-refractivity contribution in [2.24, 2.45) is 23.7 Å². The Balaban J connectivity index is 1.30. The molecule has 1 atom stereocenters. The summed E-state index contributed by atoms with van der Waals surface area (Å²) in [6, 6.07) is 2.15. The molecule has 1 N–H and O–H groups in total. The average molecular weight is 498 g/mol. The van der Waals surface area contributed by atoms with Crippen LogP contribution in [0.2, 0.25) is 0 Å². The second kappa shape index (κ2) is 9.11. The van der Waals surface area contributed by atoms with Crippen molar-refractivity contribution in [1.82, 2.24) is 0 Å². The maximum Gasteiger partial charge on any atom is 0.197 e. The van der Waals surface area contributed by atoms with Crippen molar-refractivity contribution in [3.05, 3.63) is 20.8 Å². The highest BCUT2D eigenvalue weighted by atomic mass is 127. The summed E-state index contributed by atoms with van der Waals surface area (Å²) in [5.41, 5.74) is 2.31. The van der Waals surface area contributed by atoms with Crippen LogP contribution in [0, 0.1) is 34.2 Å². The van der Waals surface area contributed by atoms with Crippen LogP contribution in [0.3, 0.4) is 0 Å². The van der Waals surface area contributed by atoms with E-state index in [9.17, 15) is 5.11 Å². The van der Waals surface area contributed by atoms with Crippen molar-refractivity contribution in [3.63, 3.8) is 0 Å². The third-order valence-electron chi connectivity index (χ3n) is 7.50. The minimum Gasteiger partial charge on any atom is -0.493 e. The normalized spacial score (nSPS) is 33.1. The first-order valence-corrected chi connectivity index (χ1v) is 12.4. The van der Waals surface area contributed by atoms with Crippen LogP contribution in [0.1, 0.15) is 75.8 Å². The van der Waals surface area contributed by atoms with Crippen LogP contribution >= 0.6 is 22.6 Å². The van der Waals surface area contributed by atoms with E-state index in [-0.39, 0.29) is 0 Å². The van der Waals surface area contributed by atoms with Gasteiger partial charge in [-0.15, -0.1) is 0 Å². The summed E-state index contributed by atoms with van der Waals surface area (Å²) in [7, 11) is 0. The van der Waals surface area contributed by atoms with Gasteiger partial charge in [-0.2, -0.15) is 0 Å². The van der Waals surface area contributed by atoms with Crippen LogP contribution in [-0.2, 0) is 6.42 Å². The number of aliphatic hydroxyl groups excluding tert-OH is 1. The molecule has 1 aromatic carbocycles. The molecule has 0 spiro atoms. The van der Waals surface area contributed by atoms with E-state index in [1.807, 2.05) is 0 Å². The monoisotopic (exact) mass is 498 g/mol. The molecule has 1 heterocycles. The zero-order chi connectivity index (χ0) is 19.7. The molecule has 2 fully saturated rings. The van der Waals surface area contributed by atoms with Gasteiger partial charge in [0, 0.05) is 12.0 Å². The first-order valence-electron chi connectivity index (χ1n) is 11.3. The lowest BCUT2D eigenvalue weighted by Gasteiger charge is -2.37. The number of hydrogen-bond acceptors (Lipinski definition) is 3. The SMILES string of the molecule is Cc1c(OCC2CCC(C3CCC(C)CC3)CC2)cc2c(c1I)OC(O)CC2. The van der Waals surface area contributed by atoms with Crippen LogP contribution in [0.15, 0.2) is 6.07 Å². The molecule has 28 heavy (non-hydrogen) atoms. The van der Waals surface area contributed by atoms with E-state index in [2.05, 4.69) is 42.5 Å². The molecule has 3 nitrogen and oxygen atoms in total. The van der Waals surface area contributed by atoms with Crippen molar-refractivity contribution < 1.29 is 14.6 Å². The molecule has 2 aliphatic carbocycles. The number of aliphatic hydroxyl groups is 1. The topological polar surface area (TPSA) is 38.7 Å². The molecule has 1 aliphatic heterocycles. The summed E-state index contributed by atoms with van der Waals surface area (Å²) in [6.45, 7) is 5.36. The maximum absolute atomic E-state index is 9.79. The van der Waals surface area contributed by atoms with Crippen molar-refractivity contribution >= 4 is 22.6 Å². The Bertz CT molecular complexity index is 673. The van der Waals surface area contributed by atoms with Crippen LogP contribution in [0.25, 0.3) is 0 Å². The molecular weight excluding hydrogens is 463 g/mol. The van der Waals surface area contributed by atoms with Crippen LogP contribution in [-0.4, -0.2) is 18.0 Å². The van der Waals surface area contributed by atoms with E-state index < -0.39 is 6.29 Å². The zero-order valence-electron chi connectivity index (χ0n) is 17.4. The third kappa shape index (κ3) is 4.63. The summed E-state index contributed by atoms with van der Waals surface area (Å²) in [6.07, 6.45) is 12.1. The Morgan fingerprint density at radius 1 is 1.04 bits per heavy atom. The Morgan fingerprint density at radius 3 is 2.36 bits per heavy atom. The molecular formula is C24H35IO3. The molecule has 0 saturated heterocycles. The zero-order valence-corrected chi connectivity index (χ0v) is 19.5. The molecule has 0 radical (unpaired) electrons. The summed E-state index contributed by atoms with van der Waals surface area (Å²) in [5, 5.41) is 9.79. The molecule has 0 bridgehead atoms. The van der Waals surface area contributed by atoms with Gasteiger partial charge in [-0.05, 0) is 110 Å². The quantitative estimate of drug-likeness (QED) is 0.499. The van der Waals surface area contributed by atoms with E-state index in [4.69, 9.17) is 9.47 Å². The number of benzene rings is 1. The van der Waals surface area contributed by atoms with E-state index in [0.29, 0.717) is 12.3 Å². The van der Waals surface area contributed by atoms with Gasteiger partial charge in [-0.1, -0.05) is 19.8 Å². The minimum atomic E-state index is -0.672. The predicted octanol–water partition coefficient (Wildman–Crippen LogP) is 6.25. The van der Waals surface area contributed by atoms with Gasteiger partial charge in [0.15, 0.2) is 6.29 Å². The fraction of sp³-hybridized carbons (Fsp3) is 0.750. The van der Waals surface area contributed by atoms with Crippen molar-refractivity contribution in [2.45, 2.75) is 84.3 Å². The van der Waals surface area contributed by atoms with Crippen LogP contribution in [0.4, 0.5) is 0 Å². The van der Waals surface area contributed by atoms with Gasteiger partial charge in [0.25, 0.3) is 0 Å². The standard InChI is InChI=1S/C24H35IO3/c1-15-3-7-18(8-4-15)19-9-5-17(6-10-19)14-27-21-13-20-11-12-22(26)28-24(20)23(25)16(21)2/h13,15,17-19,22,26H,3-12,14H2,1-2H3. The molecule has 4 rings (SSSR count). The number of halogens is 1. The van der Waals surface area contributed by atoms with Gasteiger partial charge in [0.1, 0.15) is 11.5 Å². The second-order valence-corrected chi connectivity index (χ2v) is 10.6. The lowest BCUT2D eigenvalue weighted by molar-refractivity contribution is -0.0324. The lowest BCUT2D eigenvalue weighted by atomic mass is 9.69. The second-order valence-electron chi connectivity index (χ2n) is 9.52. The minimum absolute atomic E-state index is 0.662. The van der Waals surface area contributed by atoms with Gasteiger partial charge in [0.2, 0.25) is 0 Å².